The van der Waals surface area contributed by atoms with Crippen LogP contribution in [-0.4, -0.2) is 12.0 Å². The van der Waals surface area contributed by atoms with Crippen molar-refractivity contribution in [2.24, 2.45) is 5.92 Å². The molecule has 1 aliphatic carbocycles. The molecule has 1 unspecified atom stereocenters. The highest BCUT2D eigenvalue weighted by Crippen LogP contribution is 2.16. The minimum absolute atomic E-state index is 0.0219. The molecule has 1 nitrogen and oxygen atoms in total. The Morgan fingerprint density at radius 2 is 2.33 bits per heavy atom. The fraction of sp³-hybridized carbons (Fsp3) is 0.500. The molecule has 0 spiro atoms. The van der Waals surface area contributed by atoms with Crippen LogP contribution in [0.25, 0.3) is 0 Å². The zero-order chi connectivity index (χ0) is 9.14. The van der Waals surface area contributed by atoms with Crippen LogP contribution >= 0.6 is 0 Å². The number of Topliss-reactive ketones (excluding diaryl/α,β-unsaturated/α-hetero) is 1. The number of carbonyl (C=O) groups is 1. The summed E-state index contributed by atoms with van der Waals surface area (Å²) in [5.41, 5.74) is 0.517. The molecule has 0 aromatic heterocycles. The van der Waals surface area contributed by atoms with Gasteiger partial charge in [-0.1, -0.05) is 26.0 Å². The first-order chi connectivity index (χ1) is 5.61. The monoisotopic (exact) mass is 168 g/mol. The second kappa shape index (κ2) is 3.65. The van der Waals surface area contributed by atoms with E-state index in [2.05, 4.69) is 0 Å². The van der Waals surface area contributed by atoms with E-state index in [1.807, 2.05) is 13.8 Å². The van der Waals surface area contributed by atoms with E-state index in [1.54, 1.807) is 12.2 Å². The summed E-state index contributed by atoms with van der Waals surface area (Å²) in [5, 5.41) is 0. The van der Waals surface area contributed by atoms with Crippen LogP contribution in [0.2, 0.25) is 0 Å². The number of halogens is 1. The zero-order valence-corrected chi connectivity index (χ0v) is 7.38. The van der Waals surface area contributed by atoms with Gasteiger partial charge in [0, 0.05) is 17.9 Å². The molecular weight excluding hydrogens is 155 g/mol. The van der Waals surface area contributed by atoms with Crippen molar-refractivity contribution in [1.82, 2.24) is 0 Å². The molecule has 0 aliphatic heterocycles. The van der Waals surface area contributed by atoms with Crippen LogP contribution in [0.5, 0.6) is 0 Å². The highest BCUT2D eigenvalue weighted by molar-refractivity contribution is 5.99. The van der Waals surface area contributed by atoms with Gasteiger partial charge >= 0.3 is 0 Å². The lowest BCUT2D eigenvalue weighted by atomic mass is 9.96. The van der Waals surface area contributed by atoms with Crippen LogP contribution in [0.3, 0.4) is 0 Å². The lowest BCUT2D eigenvalue weighted by Crippen LogP contribution is -2.12. The minimum atomic E-state index is -0.979. The van der Waals surface area contributed by atoms with Gasteiger partial charge in [-0.2, -0.15) is 0 Å². The lowest BCUT2D eigenvalue weighted by molar-refractivity contribution is -0.118. The Balaban J connectivity index is 2.75. The van der Waals surface area contributed by atoms with Gasteiger partial charge in [-0.25, -0.2) is 4.39 Å². The Hall–Kier alpha value is -0.920. The van der Waals surface area contributed by atoms with Gasteiger partial charge in [-0.3, -0.25) is 4.79 Å². The molecule has 66 valence electrons. The average Bonchev–Trinajstić information content (AvgIpc) is 2.03. The maximum absolute atomic E-state index is 12.8. The SMILES string of the molecule is CC(C)C(=O)C1=CC(F)CC=C1. The summed E-state index contributed by atoms with van der Waals surface area (Å²) < 4.78 is 12.8. The second-order valence-corrected chi connectivity index (χ2v) is 3.30. The summed E-state index contributed by atoms with van der Waals surface area (Å²) in [7, 11) is 0. The van der Waals surface area contributed by atoms with Crippen LogP contribution in [0.15, 0.2) is 23.8 Å². The third kappa shape index (κ3) is 2.03. The maximum Gasteiger partial charge on any atom is 0.165 e. The molecule has 0 N–H and O–H groups in total. The summed E-state index contributed by atoms with van der Waals surface area (Å²) in [5.74, 6) is -0.0280. The fourth-order valence-corrected chi connectivity index (χ4v) is 1.14. The summed E-state index contributed by atoms with van der Waals surface area (Å²) >= 11 is 0. The van der Waals surface area contributed by atoms with Crippen LogP contribution in [0.1, 0.15) is 20.3 Å². The summed E-state index contributed by atoms with van der Waals surface area (Å²) in [4.78, 5) is 11.4. The van der Waals surface area contributed by atoms with Gasteiger partial charge in [0.1, 0.15) is 6.17 Å². The third-order valence-corrected chi connectivity index (χ3v) is 1.83. The molecule has 0 amide bonds. The molecule has 12 heavy (non-hydrogen) atoms. The standard InChI is InChI=1S/C10H13FO/c1-7(2)10(12)8-4-3-5-9(11)6-8/h3-4,6-7,9H,5H2,1-2H3. The second-order valence-electron chi connectivity index (χ2n) is 3.30. The van der Waals surface area contributed by atoms with Crippen molar-refractivity contribution in [2.75, 3.05) is 0 Å². The number of hydrogen-bond acceptors (Lipinski definition) is 1. The predicted octanol–water partition coefficient (Wildman–Crippen LogP) is 2.44. The molecule has 0 radical (unpaired) electrons. The van der Waals surface area contributed by atoms with Crippen molar-refractivity contribution in [1.29, 1.82) is 0 Å². The van der Waals surface area contributed by atoms with Gasteiger partial charge in [-0.15, -0.1) is 0 Å². The van der Waals surface area contributed by atoms with Crippen molar-refractivity contribution in [3.8, 4) is 0 Å². The fourth-order valence-electron chi connectivity index (χ4n) is 1.14. The van der Waals surface area contributed by atoms with E-state index >= 15 is 0 Å². The Kier molecular flexibility index (Phi) is 2.79. The van der Waals surface area contributed by atoms with E-state index in [-0.39, 0.29) is 11.7 Å². The van der Waals surface area contributed by atoms with Crippen LogP contribution in [0, 0.1) is 5.92 Å². The molecule has 1 atom stereocenters. The molecule has 1 rings (SSSR count). The number of rotatable bonds is 2. The van der Waals surface area contributed by atoms with E-state index in [1.165, 1.54) is 6.08 Å². The van der Waals surface area contributed by atoms with Crippen LogP contribution in [-0.2, 0) is 4.79 Å². The summed E-state index contributed by atoms with van der Waals surface area (Å²) in [6.45, 7) is 3.64. The highest BCUT2D eigenvalue weighted by Gasteiger charge is 2.15. The van der Waals surface area contributed by atoms with E-state index in [0.29, 0.717) is 12.0 Å². The molecule has 2 heteroatoms. The van der Waals surface area contributed by atoms with Crippen molar-refractivity contribution < 1.29 is 9.18 Å². The van der Waals surface area contributed by atoms with Crippen molar-refractivity contribution >= 4 is 5.78 Å². The van der Waals surface area contributed by atoms with Gasteiger partial charge in [-0.05, 0) is 6.08 Å². The van der Waals surface area contributed by atoms with Crippen LogP contribution < -0.4 is 0 Å². The Labute approximate surface area is 72.0 Å². The zero-order valence-electron chi connectivity index (χ0n) is 7.38. The molecule has 0 bridgehead atoms. The molecular formula is C10H13FO. The van der Waals surface area contributed by atoms with Crippen LogP contribution in [0.4, 0.5) is 4.39 Å². The number of hydrogen-bond donors (Lipinski definition) is 0. The molecule has 0 aromatic rings. The number of carbonyl (C=O) groups excluding carboxylic acids is 1. The molecule has 0 saturated carbocycles. The number of ketones is 1. The van der Waals surface area contributed by atoms with E-state index in [0.717, 1.165) is 0 Å². The molecule has 0 saturated heterocycles. The first kappa shape index (κ1) is 9.17. The first-order valence-corrected chi connectivity index (χ1v) is 4.18. The van der Waals surface area contributed by atoms with Gasteiger partial charge in [0.15, 0.2) is 5.78 Å². The van der Waals surface area contributed by atoms with E-state index in [9.17, 15) is 9.18 Å². The van der Waals surface area contributed by atoms with Gasteiger partial charge in [0.25, 0.3) is 0 Å². The smallest absolute Gasteiger partial charge is 0.165 e. The third-order valence-electron chi connectivity index (χ3n) is 1.83. The first-order valence-electron chi connectivity index (χ1n) is 4.18. The van der Waals surface area contributed by atoms with Crippen molar-refractivity contribution in [3.63, 3.8) is 0 Å². The summed E-state index contributed by atoms with van der Waals surface area (Å²) in [6, 6.07) is 0. The van der Waals surface area contributed by atoms with Gasteiger partial charge in [0.05, 0.1) is 0 Å². The molecule has 0 fully saturated rings. The Morgan fingerprint density at radius 3 is 2.83 bits per heavy atom. The lowest BCUT2D eigenvalue weighted by Gasteiger charge is -2.10. The molecule has 0 aromatic carbocycles. The van der Waals surface area contributed by atoms with Crippen molar-refractivity contribution in [3.05, 3.63) is 23.8 Å². The van der Waals surface area contributed by atoms with Gasteiger partial charge < -0.3 is 0 Å². The minimum Gasteiger partial charge on any atom is -0.294 e. The average molecular weight is 168 g/mol. The predicted molar refractivity (Wildman–Crippen MR) is 46.6 cm³/mol. The normalized spacial score (nSPS) is 22.7. The number of alkyl halides is 1. The summed E-state index contributed by atoms with van der Waals surface area (Å²) in [6.07, 6.45) is 4.24. The quantitative estimate of drug-likeness (QED) is 0.619. The molecule has 1 aliphatic rings. The molecule has 0 heterocycles. The van der Waals surface area contributed by atoms with E-state index < -0.39 is 6.17 Å². The van der Waals surface area contributed by atoms with Gasteiger partial charge in [0.2, 0.25) is 0 Å². The number of allylic oxidation sites excluding steroid dienone is 4. The highest BCUT2D eigenvalue weighted by atomic mass is 19.1. The maximum atomic E-state index is 12.8. The van der Waals surface area contributed by atoms with E-state index in [4.69, 9.17) is 0 Å². The Bertz CT molecular complexity index is 238. The Morgan fingerprint density at radius 1 is 1.67 bits per heavy atom. The topological polar surface area (TPSA) is 17.1 Å². The largest absolute Gasteiger partial charge is 0.294 e. The van der Waals surface area contributed by atoms with Crippen molar-refractivity contribution in [2.45, 2.75) is 26.4 Å².